The SMILES string of the molecule is O=C(Nc1cccc(-c2ccc(O)cc2)c1)c1ccc2c(c1)OCO2. The molecule has 0 aliphatic carbocycles. The van der Waals surface area contributed by atoms with E-state index in [1.807, 2.05) is 36.4 Å². The highest BCUT2D eigenvalue weighted by atomic mass is 16.7. The fraction of sp³-hybridized carbons (Fsp3) is 0.0500. The van der Waals surface area contributed by atoms with Gasteiger partial charge in [0.1, 0.15) is 5.75 Å². The predicted molar refractivity (Wildman–Crippen MR) is 94.1 cm³/mol. The molecule has 5 nitrogen and oxygen atoms in total. The first kappa shape index (κ1) is 15.1. The van der Waals surface area contributed by atoms with E-state index < -0.39 is 0 Å². The van der Waals surface area contributed by atoms with Crippen molar-refractivity contribution in [1.29, 1.82) is 0 Å². The molecule has 0 bridgehead atoms. The van der Waals surface area contributed by atoms with Gasteiger partial charge in [-0.2, -0.15) is 0 Å². The lowest BCUT2D eigenvalue weighted by Crippen LogP contribution is -2.11. The van der Waals surface area contributed by atoms with Crippen LogP contribution in [0.2, 0.25) is 0 Å². The van der Waals surface area contributed by atoms with Gasteiger partial charge in [0.15, 0.2) is 11.5 Å². The summed E-state index contributed by atoms with van der Waals surface area (Å²) in [5.41, 5.74) is 3.09. The van der Waals surface area contributed by atoms with Gasteiger partial charge in [0.2, 0.25) is 6.79 Å². The minimum absolute atomic E-state index is 0.176. The second-order valence-electron chi connectivity index (χ2n) is 5.65. The Morgan fingerprint density at radius 2 is 1.68 bits per heavy atom. The van der Waals surface area contributed by atoms with Gasteiger partial charge in [0.05, 0.1) is 0 Å². The Morgan fingerprint density at radius 3 is 2.52 bits per heavy atom. The van der Waals surface area contributed by atoms with Crippen LogP contribution in [0, 0.1) is 0 Å². The molecular formula is C20H15NO4. The molecule has 0 saturated carbocycles. The average Bonchev–Trinajstić information content (AvgIpc) is 3.10. The third-order valence-corrected chi connectivity index (χ3v) is 3.96. The molecule has 1 heterocycles. The fourth-order valence-corrected chi connectivity index (χ4v) is 2.67. The number of carbonyl (C=O) groups is 1. The van der Waals surface area contributed by atoms with Crippen LogP contribution in [0.4, 0.5) is 5.69 Å². The van der Waals surface area contributed by atoms with E-state index >= 15 is 0 Å². The summed E-state index contributed by atoms with van der Waals surface area (Å²) in [6.07, 6.45) is 0. The number of phenolic OH excluding ortho intramolecular Hbond substituents is 1. The number of hydrogen-bond acceptors (Lipinski definition) is 4. The van der Waals surface area contributed by atoms with E-state index in [1.165, 1.54) is 0 Å². The monoisotopic (exact) mass is 333 g/mol. The quantitative estimate of drug-likeness (QED) is 0.759. The maximum Gasteiger partial charge on any atom is 0.255 e. The van der Waals surface area contributed by atoms with Crippen LogP contribution in [0.3, 0.4) is 0 Å². The molecule has 5 heteroatoms. The summed E-state index contributed by atoms with van der Waals surface area (Å²) in [6.45, 7) is 0.176. The van der Waals surface area contributed by atoms with Crippen molar-refractivity contribution in [3.63, 3.8) is 0 Å². The number of carbonyl (C=O) groups excluding carboxylic acids is 1. The third-order valence-electron chi connectivity index (χ3n) is 3.96. The highest BCUT2D eigenvalue weighted by Gasteiger charge is 2.16. The Balaban J connectivity index is 1.55. The standard InChI is InChI=1S/C20H15NO4/c22-17-7-4-13(5-8-17)14-2-1-3-16(10-14)21-20(23)15-6-9-18-19(11-15)25-12-24-18/h1-11,22H,12H2,(H,21,23). The van der Waals surface area contributed by atoms with Gasteiger partial charge in [-0.25, -0.2) is 0 Å². The number of aromatic hydroxyl groups is 1. The highest BCUT2D eigenvalue weighted by molar-refractivity contribution is 6.05. The number of ether oxygens (including phenoxy) is 2. The zero-order valence-electron chi connectivity index (χ0n) is 13.2. The van der Waals surface area contributed by atoms with Gasteiger partial charge in [0, 0.05) is 11.3 Å². The van der Waals surface area contributed by atoms with Crippen LogP contribution in [0.25, 0.3) is 11.1 Å². The number of fused-ring (bicyclic) bond motifs is 1. The summed E-state index contributed by atoms with van der Waals surface area (Å²) < 4.78 is 10.6. The number of benzene rings is 3. The van der Waals surface area contributed by atoms with Crippen LogP contribution in [0.1, 0.15) is 10.4 Å². The molecule has 0 saturated heterocycles. The zero-order valence-corrected chi connectivity index (χ0v) is 13.2. The van der Waals surface area contributed by atoms with Gasteiger partial charge < -0.3 is 19.9 Å². The molecule has 1 aliphatic rings. The van der Waals surface area contributed by atoms with E-state index in [-0.39, 0.29) is 18.4 Å². The van der Waals surface area contributed by atoms with E-state index in [2.05, 4.69) is 5.32 Å². The van der Waals surface area contributed by atoms with Crippen LogP contribution in [0.15, 0.2) is 66.7 Å². The zero-order chi connectivity index (χ0) is 17.2. The van der Waals surface area contributed by atoms with Gasteiger partial charge in [-0.05, 0) is 53.6 Å². The minimum Gasteiger partial charge on any atom is -0.508 e. The average molecular weight is 333 g/mol. The number of anilines is 1. The van der Waals surface area contributed by atoms with Crippen LogP contribution in [-0.2, 0) is 0 Å². The molecule has 1 amide bonds. The second kappa shape index (κ2) is 6.20. The minimum atomic E-state index is -0.221. The van der Waals surface area contributed by atoms with Crippen molar-refractivity contribution < 1.29 is 19.4 Å². The van der Waals surface area contributed by atoms with E-state index in [1.54, 1.807) is 30.3 Å². The molecule has 4 rings (SSSR count). The smallest absolute Gasteiger partial charge is 0.255 e. The summed E-state index contributed by atoms with van der Waals surface area (Å²) in [5, 5.41) is 12.3. The van der Waals surface area contributed by atoms with Crippen LogP contribution in [0.5, 0.6) is 17.2 Å². The van der Waals surface area contributed by atoms with Gasteiger partial charge in [0.25, 0.3) is 5.91 Å². The summed E-state index contributed by atoms with van der Waals surface area (Å²) in [6, 6.07) is 19.5. The maximum absolute atomic E-state index is 12.5. The highest BCUT2D eigenvalue weighted by Crippen LogP contribution is 2.32. The van der Waals surface area contributed by atoms with E-state index in [0.29, 0.717) is 22.7 Å². The van der Waals surface area contributed by atoms with E-state index in [4.69, 9.17) is 9.47 Å². The molecule has 124 valence electrons. The number of phenols is 1. The lowest BCUT2D eigenvalue weighted by Gasteiger charge is -2.08. The summed E-state index contributed by atoms with van der Waals surface area (Å²) in [4.78, 5) is 12.5. The van der Waals surface area contributed by atoms with Crippen molar-refractivity contribution in [3.05, 3.63) is 72.3 Å². The molecule has 0 atom stereocenters. The summed E-state index contributed by atoms with van der Waals surface area (Å²) >= 11 is 0. The molecule has 0 unspecified atom stereocenters. The first-order valence-corrected chi connectivity index (χ1v) is 7.79. The van der Waals surface area contributed by atoms with Crippen LogP contribution in [-0.4, -0.2) is 17.8 Å². The number of rotatable bonds is 3. The Kier molecular flexibility index (Phi) is 3.74. The Bertz CT molecular complexity index is 935. The largest absolute Gasteiger partial charge is 0.508 e. The third kappa shape index (κ3) is 3.12. The Hall–Kier alpha value is -3.47. The summed E-state index contributed by atoms with van der Waals surface area (Å²) in [7, 11) is 0. The molecule has 0 spiro atoms. The van der Waals surface area contributed by atoms with Crippen molar-refractivity contribution in [2.24, 2.45) is 0 Å². The number of amides is 1. The first-order valence-electron chi connectivity index (χ1n) is 7.79. The van der Waals surface area contributed by atoms with Crippen molar-refractivity contribution in [2.75, 3.05) is 12.1 Å². The number of nitrogens with one attached hydrogen (secondary N) is 1. The Labute approximate surface area is 144 Å². The normalized spacial score (nSPS) is 12.0. The van der Waals surface area contributed by atoms with Crippen molar-refractivity contribution in [3.8, 4) is 28.4 Å². The van der Waals surface area contributed by atoms with Gasteiger partial charge in [-0.1, -0.05) is 24.3 Å². The van der Waals surface area contributed by atoms with Gasteiger partial charge in [-0.3, -0.25) is 4.79 Å². The van der Waals surface area contributed by atoms with Gasteiger partial charge >= 0.3 is 0 Å². The first-order chi connectivity index (χ1) is 12.2. The molecular weight excluding hydrogens is 318 g/mol. The molecule has 0 fully saturated rings. The van der Waals surface area contributed by atoms with Crippen molar-refractivity contribution >= 4 is 11.6 Å². The fourth-order valence-electron chi connectivity index (χ4n) is 2.67. The van der Waals surface area contributed by atoms with Crippen molar-refractivity contribution in [1.82, 2.24) is 0 Å². The Morgan fingerprint density at radius 1 is 0.880 bits per heavy atom. The molecule has 2 N–H and O–H groups in total. The van der Waals surface area contributed by atoms with Gasteiger partial charge in [-0.15, -0.1) is 0 Å². The molecule has 3 aromatic carbocycles. The number of hydrogen-bond donors (Lipinski definition) is 2. The van der Waals surface area contributed by atoms with Crippen LogP contribution >= 0.6 is 0 Å². The lowest BCUT2D eigenvalue weighted by molar-refractivity contribution is 0.102. The molecule has 25 heavy (non-hydrogen) atoms. The second-order valence-corrected chi connectivity index (χ2v) is 5.65. The predicted octanol–water partition coefficient (Wildman–Crippen LogP) is 4.04. The summed E-state index contributed by atoms with van der Waals surface area (Å²) in [5.74, 6) is 1.22. The molecule has 0 aromatic heterocycles. The van der Waals surface area contributed by atoms with Crippen LogP contribution < -0.4 is 14.8 Å². The van der Waals surface area contributed by atoms with E-state index in [9.17, 15) is 9.90 Å². The molecule has 1 aliphatic heterocycles. The molecule has 3 aromatic rings. The lowest BCUT2D eigenvalue weighted by atomic mass is 10.0. The van der Waals surface area contributed by atoms with E-state index in [0.717, 1.165) is 11.1 Å². The maximum atomic E-state index is 12.5. The van der Waals surface area contributed by atoms with Crippen molar-refractivity contribution in [2.45, 2.75) is 0 Å². The topological polar surface area (TPSA) is 67.8 Å². The molecule has 0 radical (unpaired) electrons.